The van der Waals surface area contributed by atoms with Crippen LogP contribution in [0.1, 0.15) is 25.3 Å². The summed E-state index contributed by atoms with van der Waals surface area (Å²) in [6.07, 6.45) is 0.857. The Morgan fingerprint density at radius 1 is 1.55 bits per heavy atom. The molecule has 0 radical (unpaired) electrons. The van der Waals surface area contributed by atoms with E-state index in [2.05, 4.69) is 21.2 Å². The number of rotatable bonds is 7. The number of aliphatic carboxylic acids is 1. The molecule has 20 heavy (non-hydrogen) atoms. The van der Waals surface area contributed by atoms with Crippen molar-refractivity contribution in [2.75, 3.05) is 11.9 Å². The molecule has 0 heterocycles. The minimum Gasteiger partial charge on any atom is -0.481 e. The average Bonchev–Trinajstić information content (AvgIpc) is 2.36. The zero-order valence-corrected chi connectivity index (χ0v) is 12.9. The molecule has 0 aliphatic carbocycles. The number of nitrogens with one attached hydrogen (secondary N) is 1. The number of hydrogen-bond acceptors (Lipinski definition) is 4. The Morgan fingerprint density at radius 2 is 2.20 bits per heavy atom. The Morgan fingerprint density at radius 3 is 2.70 bits per heavy atom. The van der Waals surface area contributed by atoms with Crippen LogP contribution in [0.4, 0.5) is 11.4 Å². The SMILES string of the molecule is CCC(CNc1cc(C)c([N+](=O)[O-])cc1Br)CC(=O)O. The number of hydrogen-bond donors (Lipinski definition) is 2. The molecule has 0 aromatic heterocycles. The first-order valence-corrected chi connectivity index (χ1v) is 7.04. The zero-order valence-electron chi connectivity index (χ0n) is 11.4. The van der Waals surface area contributed by atoms with E-state index >= 15 is 0 Å². The number of halogens is 1. The fourth-order valence-electron chi connectivity index (χ4n) is 1.87. The van der Waals surface area contributed by atoms with Gasteiger partial charge in [-0.15, -0.1) is 0 Å². The lowest BCUT2D eigenvalue weighted by Gasteiger charge is -2.16. The maximum absolute atomic E-state index is 10.8. The van der Waals surface area contributed by atoms with Crippen LogP contribution in [-0.4, -0.2) is 22.5 Å². The number of carbonyl (C=O) groups is 1. The molecule has 110 valence electrons. The van der Waals surface area contributed by atoms with Crippen LogP contribution >= 0.6 is 15.9 Å². The van der Waals surface area contributed by atoms with Crippen LogP contribution in [0.3, 0.4) is 0 Å². The van der Waals surface area contributed by atoms with E-state index < -0.39 is 10.9 Å². The highest BCUT2D eigenvalue weighted by Crippen LogP contribution is 2.30. The molecule has 0 saturated heterocycles. The van der Waals surface area contributed by atoms with Gasteiger partial charge in [0, 0.05) is 34.8 Å². The van der Waals surface area contributed by atoms with E-state index in [1.54, 1.807) is 13.0 Å². The highest BCUT2D eigenvalue weighted by Gasteiger charge is 2.16. The van der Waals surface area contributed by atoms with Gasteiger partial charge in [0.05, 0.1) is 4.92 Å². The second-order valence-corrected chi connectivity index (χ2v) is 5.48. The van der Waals surface area contributed by atoms with Gasteiger partial charge >= 0.3 is 5.97 Å². The summed E-state index contributed by atoms with van der Waals surface area (Å²) >= 11 is 3.29. The van der Waals surface area contributed by atoms with Crippen molar-refractivity contribution in [3.8, 4) is 0 Å². The molecule has 0 aliphatic rings. The van der Waals surface area contributed by atoms with E-state index in [-0.39, 0.29) is 18.0 Å². The van der Waals surface area contributed by atoms with E-state index in [1.807, 2.05) is 6.92 Å². The minimum absolute atomic E-state index is 0.0231. The summed E-state index contributed by atoms with van der Waals surface area (Å²) in [5.74, 6) is -0.799. The van der Waals surface area contributed by atoms with E-state index in [0.29, 0.717) is 16.6 Å². The summed E-state index contributed by atoms with van der Waals surface area (Å²) in [5.41, 5.74) is 1.35. The molecule has 0 spiro atoms. The average molecular weight is 345 g/mol. The fraction of sp³-hybridized carbons (Fsp3) is 0.462. The molecule has 0 fully saturated rings. The Balaban J connectivity index is 2.80. The number of carboxylic acids is 1. The van der Waals surface area contributed by atoms with Gasteiger partial charge in [-0.2, -0.15) is 0 Å². The number of nitro groups is 1. The van der Waals surface area contributed by atoms with Crippen molar-refractivity contribution in [3.05, 3.63) is 32.3 Å². The van der Waals surface area contributed by atoms with Crippen molar-refractivity contribution >= 4 is 33.3 Å². The monoisotopic (exact) mass is 344 g/mol. The van der Waals surface area contributed by atoms with Gasteiger partial charge in [0.1, 0.15) is 0 Å². The lowest BCUT2D eigenvalue weighted by Crippen LogP contribution is -2.17. The van der Waals surface area contributed by atoms with Crippen LogP contribution in [0.5, 0.6) is 0 Å². The van der Waals surface area contributed by atoms with Crippen molar-refractivity contribution in [2.24, 2.45) is 5.92 Å². The fourth-order valence-corrected chi connectivity index (χ4v) is 2.34. The topological polar surface area (TPSA) is 92.5 Å². The van der Waals surface area contributed by atoms with Crippen LogP contribution in [0, 0.1) is 23.0 Å². The first kappa shape index (κ1) is 16.4. The van der Waals surface area contributed by atoms with Crippen LogP contribution in [0.2, 0.25) is 0 Å². The van der Waals surface area contributed by atoms with Gasteiger partial charge in [0.15, 0.2) is 0 Å². The van der Waals surface area contributed by atoms with Crippen molar-refractivity contribution in [3.63, 3.8) is 0 Å². The lowest BCUT2D eigenvalue weighted by atomic mass is 10.0. The maximum Gasteiger partial charge on any atom is 0.303 e. The first-order chi connectivity index (χ1) is 9.35. The van der Waals surface area contributed by atoms with Crippen LogP contribution in [0.25, 0.3) is 0 Å². The van der Waals surface area contributed by atoms with Gasteiger partial charge in [-0.05, 0) is 34.8 Å². The van der Waals surface area contributed by atoms with E-state index in [0.717, 1.165) is 12.1 Å². The summed E-state index contributed by atoms with van der Waals surface area (Å²) in [6, 6.07) is 3.14. The molecule has 1 rings (SSSR count). The molecule has 0 saturated carbocycles. The summed E-state index contributed by atoms with van der Waals surface area (Å²) < 4.78 is 0.597. The summed E-state index contributed by atoms with van der Waals surface area (Å²) in [5, 5.41) is 22.8. The lowest BCUT2D eigenvalue weighted by molar-refractivity contribution is -0.385. The Labute approximate surface area is 125 Å². The Hall–Kier alpha value is -1.63. The number of carboxylic acid groups (broad SMARTS) is 1. The van der Waals surface area contributed by atoms with Crippen molar-refractivity contribution in [1.29, 1.82) is 0 Å². The van der Waals surface area contributed by atoms with Gasteiger partial charge in [0.2, 0.25) is 0 Å². The second kappa shape index (κ2) is 7.23. The van der Waals surface area contributed by atoms with Crippen LogP contribution in [-0.2, 0) is 4.79 Å². The summed E-state index contributed by atoms with van der Waals surface area (Å²) in [7, 11) is 0. The number of aryl methyl sites for hydroxylation is 1. The molecular formula is C13H17BrN2O4. The molecule has 2 N–H and O–H groups in total. The van der Waals surface area contributed by atoms with E-state index in [9.17, 15) is 14.9 Å². The molecule has 1 atom stereocenters. The molecule has 0 bridgehead atoms. The molecule has 1 unspecified atom stereocenters. The predicted molar refractivity (Wildman–Crippen MR) is 80.1 cm³/mol. The van der Waals surface area contributed by atoms with Crippen molar-refractivity contribution in [2.45, 2.75) is 26.7 Å². The zero-order chi connectivity index (χ0) is 15.3. The molecule has 6 nitrogen and oxygen atoms in total. The Bertz CT molecular complexity index is 519. The van der Waals surface area contributed by atoms with Crippen molar-refractivity contribution < 1.29 is 14.8 Å². The van der Waals surface area contributed by atoms with Gasteiger partial charge in [-0.25, -0.2) is 0 Å². The van der Waals surface area contributed by atoms with Gasteiger partial charge in [-0.1, -0.05) is 13.3 Å². The van der Waals surface area contributed by atoms with Crippen LogP contribution in [0.15, 0.2) is 16.6 Å². The highest BCUT2D eigenvalue weighted by atomic mass is 79.9. The third kappa shape index (κ3) is 4.48. The molecule has 1 aromatic carbocycles. The van der Waals surface area contributed by atoms with Gasteiger partial charge in [0.25, 0.3) is 5.69 Å². The van der Waals surface area contributed by atoms with Crippen LogP contribution < -0.4 is 5.32 Å². The quantitative estimate of drug-likeness (QED) is 0.582. The third-order valence-electron chi connectivity index (χ3n) is 3.10. The number of benzene rings is 1. The number of nitrogens with zero attached hydrogens (tertiary/aromatic N) is 1. The van der Waals surface area contributed by atoms with Crippen molar-refractivity contribution in [1.82, 2.24) is 0 Å². The van der Waals surface area contributed by atoms with Gasteiger partial charge in [-0.3, -0.25) is 14.9 Å². The normalized spacial score (nSPS) is 11.9. The second-order valence-electron chi connectivity index (χ2n) is 4.63. The smallest absolute Gasteiger partial charge is 0.303 e. The van der Waals surface area contributed by atoms with E-state index in [1.165, 1.54) is 6.07 Å². The summed E-state index contributed by atoms with van der Waals surface area (Å²) in [6.45, 7) is 4.12. The van der Waals surface area contributed by atoms with Gasteiger partial charge < -0.3 is 10.4 Å². The molecular weight excluding hydrogens is 328 g/mol. The Kier molecular flexibility index (Phi) is 5.94. The third-order valence-corrected chi connectivity index (χ3v) is 3.76. The number of anilines is 1. The molecule has 1 aromatic rings. The maximum atomic E-state index is 10.8. The first-order valence-electron chi connectivity index (χ1n) is 6.25. The van der Waals surface area contributed by atoms with E-state index in [4.69, 9.17) is 5.11 Å². The molecule has 0 aliphatic heterocycles. The number of nitro benzene ring substituents is 1. The summed E-state index contributed by atoms with van der Waals surface area (Å²) in [4.78, 5) is 21.1. The predicted octanol–water partition coefficient (Wildman–Crippen LogP) is 3.58. The molecule has 0 amide bonds. The highest BCUT2D eigenvalue weighted by molar-refractivity contribution is 9.10. The molecule has 7 heteroatoms. The largest absolute Gasteiger partial charge is 0.481 e. The standard InChI is InChI=1S/C13H17BrN2O4/c1-3-9(5-13(17)18)7-15-11-4-8(2)12(16(19)20)6-10(11)14/h4,6,9,15H,3,5,7H2,1-2H3,(H,17,18). The minimum atomic E-state index is -0.822.